The van der Waals surface area contributed by atoms with Crippen LogP contribution in [0.3, 0.4) is 0 Å². The smallest absolute Gasteiger partial charge is 0.240 e. The Bertz CT molecular complexity index is 3960. The van der Waals surface area contributed by atoms with Crippen molar-refractivity contribution in [3.05, 3.63) is 164 Å². The van der Waals surface area contributed by atoms with Crippen molar-refractivity contribution >= 4 is 115 Å². The third kappa shape index (κ3) is 3.39. The molecule has 0 radical (unpaired) electrons. The highest BCUT2D eigenvalue weighted by Crippen LogP contribution is 2.48. The van der Waals surface area contributed by atoms with Crippen LogP contribution in [0.4, 0.5) is 0 Å². The van der Waals surface area contributed by atoms with E-state index in [2.05, 4.69) is 165 Å². The lowest BCUT2D eigenvalue weighted by atomic mass is 10.0. The van der Waals surface area contributed by atoms with E-state index in [4.69, 9.17) is 14.4 Å². The van der Waals surface area contributed by atoms with E-state index < -0.39 is 0 Å². The second-order valence-electron chi connectivity index (χ2n) is 14.9. The van der Waals surface area contributed by atoms with Gasteiger partial charge in [0.25, 0.3) is 0 Å². The van der Waals surface area contributed by atoms with Crippen LogP contribution in [0, 0.1) is 0 Å². The van der Waals surface area contributed by atoms with Gasteiger partial charge in [-0.3, -0.25) is 9.13 Å². The summed E-state index contributed by atoms with van der Waals surface area (Å²) >= 11 is 0. The third-order valence-electron chi connectivity index (χ3n) is 12.2. The fraction of sp³-hybridized carbons (Fsp3) is 0. The zero-order chi connectivity index (χ0) is 36.2. The molecule has 14 rings (SSSR count). The molecule has 0 aliphatic heterocycles. The lowest BCUT2D eigenvalue weighted by Gasteiger charge is -2.13. The lowest BCUT2D eigenvalue weighted by Crippen LogP contribution is -2.07. The van der Waals surface area contributed by atoms with E-state index in [1.54, 1.807) is 0 Å². The zero-order valence-corrected chi connectivity index (χ0v) is 29.7. The van der Waals surface area contributed by atoms with Gasteiger partial charge >= 0.3 is 0 Å². The number of furan rings is 1. The van der Waals surface area contributed by atoms with E-state index in [1.165, 1.54) is 70.4 Å². The molecule has 0 N–H and O–H groups in total. The van der Waals surface area contributed by atoms with Crippen LogP contribution in [0.1, 0.15) is 0 Å². The Balaban J connectivity index is 1.25. The highest BCUT2D eigenvalue weighted by Gasteiger charge is 2.28. The molecule has 14 aromatic rings. The van der Waals surface area contributed by atoms with Crippen molar-refractivity contribution in [3.63, 3.8) is 0 Å². The molecule has 0 spiro atoms. The topological polar surface area (TPSA) is 53.2 Å². The predicted molar refractivity (Wildman–Crippen MR) is 230 cm³/mol. The molecule has 8 aromatic carbocycles. The van der Waals surface area contributed by atoms with Gasteiger partial charge in [0.15, 0.2) is 5.82 Å². The van der Waals surface area contributed by atoms with Gasteiger partial charge in [0, 0.05) is 48.5 Å². The summed E-state index contributed by atoms with van der Waals surface area (Å²) in [5, 5.41) is 13.8. The molecule has 6 aromatic heterocycles. The van der Waals surface area contributed by atoms with E-state index in [0.29, 0.717) is 11.7 Å². The van der Waals surface area contributed by atoms with Crippen LogP contribution in [0.15, 0.2) is 168 Å². The molecule has 6 heterocycles. The second kappa shape index (κ2) is 10.1. The molecule has 0 aliphatic carbocycles. The van der Waals surface area contributed by atoms with Crippen LogP contribution in [0.25, 0.3) is 126 Å². The average molecular weight is 714 g/mol. The monoisotopic (exact) mass is 713 g/mol. The second-order valence-corrected chi connectivity index (χ2v) is 14.9. The van der Waals surface area contributed by atoms with E-state index in [1.807, 2.05) is 12.1 Å². The molecule has 6 nitrogen and oxygen atoms in total. The number of nitrogens with zero attached hydrogens (tertiary/aromatic N) is 5. The number of rotatable bonds is 2. The summed E-state index contributed by atoms with van der Waals surface area (Å²) in [5.74, 6) is 1.35. The van der Waals surface area contributed by atoms with E-state index in [9.17, 15) is 0 Å². The lowest BCUT2D eigenvalue weighted by molar-refractivity contribution is 0.650. The van der Waals surface area contributed by atoms with Crippen LogP contribution in [0.5, 0.6) is 0 Å². The number of aromatic nitrogens is 5. The first-order chi connectivity index (χ1) is 27.8. The molecule has 0 atom stereocenters. The van der Waals surface area contributed by atoms with Gasteiger partial charge < -0.3 is 8.82 Å². The SMILES string of the molecule is c1ccc2c(c1)ccc1c2c2cc3c4ccccc4n4c5ccccc5c(c2n1-c1nc(-n2c5ccccc5c5ccccc52)c2c(n1)oc1ccccc12)c34. The Labute approximate surface area is 317 Å². The van der Waals surface area contributed by atoms with Crippen molar-refractivity contribution in [3.8, 4) is 11.8 Å². The Kier molecular flexibility index (Phi) is 5.18. The van der Waals surface area contributed by atoms with Crippen LogP contribution in [-0.2, 0) is 0 Å². The summed E-state index contributed by atoms with van der Waals surface area (Å²) < 4.78 is 13.8. The summed E-state index contributed by atoms with van der Waals surface area (Å²) in [6.07, 6.45) is 0. The van der Waals surface area contributed by atoms with Crippen LogP contribution >= 0.6 is 0 Å². The van der Waals surface area contributed by atoms with Crippen molar-refractivity contribution in [2.24, 2.45) is 0 Å². The van der Waals surface area contributed by atoms with E-state index >= 15 is 0 Å². The largest absolute Gasteiger partial charge is 0.437 e. The maximum Gasteiger partial charge on any atom is 0.240 e. The minimum absolute atomic E-state index is 0.552. The Morgan fingerprint density at radius 2 is 0.964 bits per heavy atom. The Morgan fingerprint density at radius 3 is 1.71 bits per heavy atom. The van der Waals surface area contributed by atoms with E-state index in [-0.39, 0.29) is 0 Å². The van der Waals surface area contributed by atoms with Crippen LogP contribution in [0.2, 0.25) is 0 Å². The van der Waals surface area contributed by atoms with E-state index in [0.717, 1.165) is 44.2 Å². The molecule has 6 heteroatoms. The number of benzene rings is 8. The summed E-state index contributed by atoms with van der Waals surface area (Å²) in [4.78, 5) is 11.1. The van der Waals surface area contributed by atoms with Gasteiger partial charge in [0.2, 0.25) is 11.7 Å². The molecule has 0 amide bonds. The van der Waals surface area contributed by atoms with Gasteiger partial charge in [-0.25, -0.2) is 0 Å². The zero-order valence-electron chi connectivity index (χ0n) is 29.7. The maximum atomic E-state index is 6.70. The van der Waals surface area contributed by atoms with Gasteiger partial charge in [-0.15, -0.1) is 0 Å². The van der Waals surface area contributed by atoms with Gasteiger partial charge in [0.1, 0.15) is 5.58 Å². The molecule has 56 heavy (non-hydrogen) atoms. The Hall–Kier alpha value is -7.70. The van der Waals surface area contributed by atoms with Gasteiger partial charge in [-0.05, 0) is 53.2 Å². The van der Waals surface area contributed by atoms with Crippen molar-refractivity contribution in [1.82, 2.24) is 23.5 Å². The maximum absolute atomic E-state index is 6.70. The summed E-state index contributed by atoms with van der Waals surface area (Å²) in [5.41, 5.74) is 9.22. The highest BCUT2D eigenvalue weighted by molar-refractivity contribution is 6.36. The van der Waals surface area contributed by atoms with Gasteiger partial charge in [0.05, 0.1) is 44.0 Å². The number of hydrogen-bond donors (Lipinski definition) is 0. The summed E-state index contributed by atoms with van der Waals surface area (Å²) in [6.45, 7) is 0. The van der Waals surface area contributed by atoms with Crippen molar-refractivity contribution < 1.29 is 4.42 Å². The van der Waals surface area contributed by atoms with Crippen molar-refractivity contribution in [2.45, 2.75) is 0 Å². The minimum Gasteiger partial charge on any atom is -0.437 e. The quantitative estimate of drug-likeness (QED) is 0.179. The molecule has 0 bridgehead atoms. The van der Waals surface area contributed by atoms with Crippen molar-refractivity contribution in [2.75, 3.05) is 0 Å². The van der Waals surface area contributed by atoms with Gasteiger partial charge in [-0.2, -0.15) is 9.97 Å². The summed E-state index contributed by atoms with van der Waals surface area (Å²) in [7, 11) is 0. The molecule has 0 fully saturated rings. The van der Waals surface area contributed by atoms with Crippen molar-refractivity contribution in [1.29, 1.82) is 0 Å². The molecule has 0 unspecified atom stereocenters. The Morgan fingerprint density at radius 1 is 0.375 bits per heavy atom. The fourth-order valence-electron chi connectivity index (χ4n) is 9.99. The third-order valence-corrected chi connectivity index (χ3v) is 12.2. The molecule has 0 saturated carbocycles. The first kappa shape index (κ1) is 28.8. The fourth-order valence-corrected chi connectivity index (χ4v) is 9.99. The standard InChI is InChI=1S/C50H27N5O/c1-2-14-29-28(13-1)25-26-41-43(29)36-27-35-32-17-5-8-20-37(32)53-40-23-11-6-18-33(40)44(46(35)53)47(36)55(41)50-51-48(45-34-19-7-12-24-42(34)56-49(45)52-50)54-38-21-9-3-15-30(38)31-16-4-10-22-39(31)54/h1-27H. The first-order valence-electron chi connectivity index (χ1n) is 19.0. The summed E-state index contributed by atoms with van der Waals surface area (Å²) in [6, 6.07) is 58.6. The number of para-hydroxylation sites is 5. The van der Waals surface area contributed by atoms with Crippen LogP contribution < -0.4 is 0 Å². The average Bonchev–Trinajstić information content (AvgIpc) is 4.05. The number of hydrogen-bond acceptors (Lipinski definition) is 3. The molecule has 0 aliphatic rings. The molecular weight excluding hydrogens is 687 g/mol. The minimum atomic E-state index is 0.552. The van der Waals surface area contributed by atoms with Crippen LogP contribution in [-0.4, -0.2) is 23.5 Å². The predicted octanol–water partition coefficient (Wildman–Crippen LogP) is 12.9. The number of fused-ring (bicyclic) bond motifs is 18. The molecular formula is C50H27N5O. The van der Waals surface area contributed by atoms with Gasteiger partial charge in [-0.1, -0.05) is 121 Å². The molecule has 258 valence electrons. The highest BCUT2D eigenvalue weighted by atomic mass is 16.3. The normalized spacial score (nSPS) is 12.6. The first-order valence-corrected chi connectivity index (χ1v) is 19.0. The molecule has 0 saturated heterocycles.